The molecule has 3 aromatic heterocycles. The van der Waals surface area contributed by atoms with E-state index in [1.807, 2.05) is 41.8 Å². The van der Waals surface area contributed by atoms with Crippen molar-refractivity contribution in [3.8, 4) is 22.6 Å². The van der Waals surface area contributed by atoms with Crippen molar-refractivity contribution >= 4 is 68.1 Å². The van der Waals surface area contributed by atoms with E-state index >= 15 is 0 Å². The number of benzene rings is 2. The number of fused-ring (bicyclic) bond motifs is 2. The topological polar surface area (TPSA) is 113 Å². The van der Waals surface area contributed by atoms with E-state index in [4.69, 9.17) is 23.9 Å². The first-order chi connectivity index (χ1) is 22.4. The fourth-order valence-electron chi connectivity index (χ4n) is 5.50. The zero-order valence-electron chi connectivity index (χ0n) is 25.4. The van der Waals surface area contributed by atoms with Crippen LogP contribution in [0.4, 0.5) is 5.00 Å². The summed E-state index contributed by atoms with van der Waals surface area (Å²) in [5.74, 6) is -0.760. The molecule has 1 aliphatic carbocycles. The molecule has 0 fully saturated rings. The van der Waals surface area contributed by atoms with Crippen LogP contribution in [-0.2, 0) is 20.7 Å². The Morgan fingerprint density at radius 3 is 2.48 bits per heavy atom. The normalized spacial score (nSPS) is 13.0. The Bertz CT molecular complexity index is 1980. The number of carbonyl (C=O) groups excluding carboxylic acids is 3. The van der Waals surface area contributed by atoms with Crippen LogP contribution in [0, 0.1) is 0 Å². The van der Waals surface area contributed by atoms with E-state index in [0.29, 0.717) is 45.5 Å². The number of hydrogen-bond acceptors (Lipinski definition) is 10. The van der Waals surface area contributed by atoms with E-state index in [2.05, 4.69) is 11.4 Å². The van der Waals surface area contributed by atoms with Gasteiger partial charge < -0.3 is 24.3 Å². The minimum absolute atomic E-state index is 0.152. The fourth-order valence-corrected chi connectivity index (χ4v) is 7.15. The van der Waals surface area contributed by atoms with Gasteiger partial charge in [-0.2, -0.15) is 0 Å². The number of pyridine rings is 1. The summed E-state index contributed by atoms with van der Waals surface area (Å²) in [5.41, 5.74) is 5.18. The first-order valence-electron chi connectivity index (χ1n) is 14.6. The molecular formula is C35H30N2O7S2. The lowest BCUT2D eigenvalue weighted by molar-refractivity contribution is -0.119. The fraction of sp³-hybridized carbons (Fsp3) is 0.200. The lowest BCUT2D eigenvalue weighted by atomic mass is 10.0. The Labute approximate surface area is 273 Å². The molecule has 234 valence electrons. The number of hydrogen-bond donors (Lipinski definition) is 1. The standard InChI is InChI=1S/C35H30N2O7S2/c1-4-43-35(40)31-25(20-12-14-27(41-2)28(17-20)42-3)19-46-33(31)37-29(38)18-44-34(39)30-23-9-5-6-10-26(23)36-32-21(11-13-24(30)32)16-22-8-7-15-45-22/h5-10,12,14-17,19H,4,11,13,18H2,1-3H3,(H,37,38)/b21-16+. The third-order valence-corrected chi connectivity index (χ3v) is 9.27. The first-order valence-corrected chi connectivity index (χ1v) is 16.3. The van der Waals surface area contributed by atoms with Crippen LogP contribution in [-0.4, -0.2) is 50.3 Å². The lowest BCUT2D eigenvalue weighted by Crippen LogP contribution is -2.22. The number of methoxy groups -OCH3 is 2. The molecule has 0 saturated carbocycles. The highest BCUT2D eigenvalue weighted by molar-refractivity contribution is 7.15. The maximum atomic E-state index is 13.6. The molecule has 0 unspecified atom stereocenters. The molecule has 3 heterocycles. The van der Waals surface area contributed by atoms with Gasteiger partial charge in [-0.05, 0) is 72.2 Å². The van der Waals surface area contributed by atoms with Crippen LogP contribution in [0.3, 0.4) is 0 Å². The third kappa shape index (κ3) is 6.11. The number of thiophene rings is 2. The molecule has 1 aliphatic rings. The number of ether oxygens (including phenoxy) is 4. The number of rotatable bonds is 10. The molecule has 0 spiro atoms. The molecule has 11 heteroatoms. The van der Waals surface area contributed by atoms with Crippen molar-refractivity contribution in [3.63, 3.8) is 0 Å². The highest BCUT2D eigenvalue weighted by Crippen LogP contribution is 2.40. The largest absolute Gasteiger partial charge is 0.493 e. The summed E-state index contributed by atoms with van der Waals surface area (Å²) in [7, 11) is 3.07. The van der Waals surface area contributed by atoms with Gasteiger partial charge in [0, 0.05) is 21.2 Å². The summed E-state index contributed by atoms with van der Waals surface area (Å²) >= 11 is 2.81. The average Bonchev–Trinajstić information content (AvgIpc) is 3.83. The molecule has 0 aliphatic heterocycles. The second kappa shape index (κ2) is 13.6. The molecule has 0 atom stereocenters. The minimum Gasteiger partial charge on any atom is -0.493 e. The van der Waals surface area contributed by atoms with Crippen LogP contribution in [0.2, 0.25) is 0 Å². The van der Waals surface area contributed by atoms with Gasteiger partial charge in [0.05, 0.1) is 37.6 Å². The Balaban J connectivity index is 1.25. The molecule has 0 saturated heterocycles. The number of nitrogens with one attached hydrogen (secondary N) is 1. The van der Waals surface area contributed by atoms with Crippen molar-refractivity contribution in [2.75, 3.05) is 32.8 Å². The van der Waals surface area contributed by atoms with Crippen LogP contribution in [0.25, 0.3) is 33.7 Å². The number of allylic oxidation sites excluding steroid dienone is 1. The van der Waals surface area contributed by atoms with Crippen LogP contribution in [0.15, 0.2) is 65.4 Å². The van der Waals surface area contributed by atoms with Crippen LogP contribution in [0.1, 0.15) is 50.2 Å². The van der Waals surface area contributed by atoms with E-state index in [-0.39, 0.29) is 17.2 Å². The Morgan fingerprint density at radius 1 is 0.913 bits per heavy atom. The maximum absolute atomic E-state index is 13.6. The van der Waals surface area contributed by atoms with E-state index in [0.717, 1.165) is 28.1 Å². The number of esters is 2. The summed E-state index contributed by atoms with van der Waals surface area (Å²) in [6.45, 7) is 1.31. The minimum atomic E-state index is -0.606. The molecule has 0 bridgehead atoms. The molecule has 1 N–H and O–H groups in total. The monoisotopic (exact) mass is 654 g/mol. The van der Waals surface area contributed by atoms with Gasteiger partial charge in [-0.25, -0.2) is 14.6 Å². The van der Waals surface area contributed by atoms with Gasteiger partial charge in [0.2, 0.25) is 0 Å². The smallest absolute Gasteiger partial charge is 0.341 e. The summed E-state index contributed by atoms with van der Waals surface area (Å²) in [6.07, 6.45) is 3.49. The van der Waals surface area contributed by atoms with Gasteiger partial charge in [-0.3, -0.25) is 4.79 Å². The molecule has 9 nitrogen and oxygen atoms in total. The van der Waals surface area contributed by atoms with E-state index in [9.17, 15) is 14.4 Å². The summed E-state index contributed by atoms with van der Waals surface area (Å²) in [6, 6.07) is 16.7. The number of para-hydroxylation sites is 1. The molecule has 2 aromatic carbocycles. The average molecular weight is 655 g/mol. The molecule has 1 amide bonds. The Morgan fingerprint density at radius 2 is 1.72 bits per heavy atom. The van der Waals surface area contributed by atoms with Crippen LogP contribution >= 0.6 is 22.7 Å². The summed E-state index contributed by atoms with van der Waals surface area (Å²) < 4.78 is 21.7. The second-order valence-corrected chi connectivity index (χ2v) is 12.1. The van der Waals surface area contributed by atoms with Gasteiger partial charge in [-0.1, -0.05) is 30.3 Å². The lowest BCUT2D eigenvalue weighted by Gasteiger charge is -2.13. The predicted octanol–water partition coefficient (Wildman–Crippen LogP) is 7.50. The van der Waals surface area contributed by atoms with Crippen molar-refractivity contribution in [1.29, 1.82) is 0 Å². The van der Waals surface area contributed by atoms with Crippen LogP contribution in [0.5, 0.6) is 11.5 Å². The van der Waals surface area contributed by atoms with Crippen molar-refractivity contribution in [2.24, 2.45) is 0 Å². The number of anilines is 1. The summed E-state index contributed by atoms with van der Waals surface area (Å²) in [4.78, 5) is 45.8. The zero-order chi connectivity index (χ0) is 32.2. The SMILES string of the molecule is CCOC(=O)c1c(-c2ccc(OC)c(OC)c2)csc1NC(=O)COC(=O)c1c2c(nc3ccccc13)/C(=C/c1cccs1)CC2. The van der Waals surface area contributed by atoms with Gasteiger partial charge >= 0.3 is 11.9 Å². The number of carbonyl (C=O) groups is 3. The molecular weight excluding hydrogens is 625 g/mol. The first kappa shape index (κ1) is 31.0. The maximum Gasteiger partial charge on any atom is 0.341 e. The second-order valence-electron chi connectivity index (χ2n) is 10.3. The molecule has 0 radical (unpaired) electrons. The number of nitrogens with zero attached hydrogens (tertiary/aromatic N) is 1. The van der Waals surface area contributed by atoms with Gasteiger partial charge in [-0.15, -0.1) is 22.7 Å². The summed E-state index contributed by atoms with van der Waals surface area (Å²) in [5, 5.41) is 7.47. The van der Waals surface area contributed by atoms with Crippen LogP contribution < -0.4 is 14.8 Å². The third-order valence-electron chi connectivity index (χ3n) is 7.56. The predicted molar refractivity (Wildman–Crippen MR) is 180 cm³/mol. The number of aromatic nitrogens is 1. The van der Waals surface area contributed by atoms with Crippen molar-refractivity contribution in [1.82, 2.24) is 4.98 Å². The van der Waals surface area contributed by atoms with E-state index in [1.165, 1.54) is 25.6 Å². The molecule has 6 rings (SSSR count). The quantitative estimate of drug-likeness (QED) is 0.154. The zero-order valence-corrected chi connectivity index (χ0v) is 27.0. The molecule has 46 heavy (non-hydrogen) atoms. The number of amides is 1. The van der Waals surface area contributed by atoms with Gasteiger partial charge in [0.25, 0.3) is 5.91 Å². The Hall–Kier alpha value is -5.00. The van der Waals surface area contributed by atoms with E-state index in [1.54, 1.807) is 41.8 Å². The molecule has 5 aromatic rings. The van der Waals surface area contributed by atoms with Crippen molar-refractivity contribution in [3.05, 3.63) is 92.6 Å². The highest BCUT2D eigenvalue weighted by Gasteiger charge is 2.29. The van der Waals surface area contributed by atoms with Crippen molar-refractivity contribution in [2.45, 2.75) is 19.8 Å². The van der Waals surface area contributed by atoms with Gasteiger partial charge in [0.1, 0.15) is 10.6 Å². The Kier molecular flexibility index (Phi) is 9.13. The van der Waals surface area contributed by atoms with Crippen molar-refractivity contribution < 1.29 is 33.3 Å². The van der Waals surface area contributed by atoms with Gasteiger partial charge in [0.15, 0.2) is 18.1 Å². The highest BCUT2D eigenvalue weighted by atomic mass is 32.1. The van der Waals surface area contributed by atoms with E-state index < -0.39 is 24.5 Å².